The van der Waals surface area contributed by atoms with Gasteiger partial charge in [0, 0.05) is 23.0 Å². The van der Waals surface area contributed by atoms with Gasteiger partial charge in [-0.15, -0.1) is 0 Å². The third-order valence-electron chi connectivity index (χ3n) is 4.01. The van der Waals surface area contributed by atoms with Gasteiger partial charge in [0.25, 0.3) is 0 Å². The highest BCUT2D eigenvalue weighted by molar-refractivity contribution is 6.31. The second-order valence-corrected chi connectivity index (χ2v) is 5.83. The van der Waals surface area contributed by atoms with E-state index in [0.717, 1.165) is 30.1 Å². The van der Waals surface area contributed by atoms with Gasteiger partial charge in [0.05, 0.1) is 12.7 Å². The molecule has 110 valence electrons. The minimum absolute atomic E-state index is 0.170. The van der Waals surface area contributed by atoms with Crippen LogP contribution in [0.2, 0.25) is 5.02 Å². The van der Waals surface area contributed by atoms with Gasteiger partial charge in [0.1, 0.15) is 13.2 Å². The molecular formula is C15H20ClNO3. The van der Waals surface area contributed by atoms with Crippen LogP contribution in [0.4, 0.5) is 0 Å². The first-order valence-corrected chi connectivity index (χ1v) is 7.44. The molecule has 0 saturated carbocycles. The van der Waals surface area contributed by atoms with E-state index < -0.39 is 0 Å². The highest BCUT2D eigenvalue weighted by atomic mass is 35.5. The molecule has 1 aromatic carbocycles. The van der Waals surface area contributed by atoms with Crippen LogP contribution in [0, 0.1) is 5.92 Å². The van der Waals surface area contributed by atoms with Crippen molar-refractivity contribution in [1.82, 2.24) is 5.32 Å². The Morgan fingerprint density at radius 3 is 2.55 bits per heavy atom. The fourth-order valence-electron chi connectivity index (χ4n) is 3.05. The monoisotopic (exact) mass is 297 g/mol. The van der Waals surface area contributed by atoms with E-state index in [1.165, 1.54) is 0 Å². The van der Waals surface area contributed by atoms with Gasteiger partial charge in [0.2, 0.25) is 0 Å². The van der Waals surface area contributed by atoms with Gasteiger partial charge in [-0.2, -0.15) is 0 Å². The first-order chi connectivity index (χ1) is 9.69. The zero-order valence-electron chi connectivity index (χ0n) is 11.8. The molecule has 20 heavy (non-hydrogen) atoms. The first kappa shape index (κ1) is 14.0. The van der Waals surface area contributed by atoms with E-state index in [-0.39, 0.29) is 6.04 Å². The van der Waals surface area contributed by atoms with E-state index >= 15 is 0 Å². The zero-order valence-corrected chi connectivity index (χ0v) is 12.6. The molecule has 0 aliphatic carbocycles. The number of hydrogen-bond acceptors (Lipinski definition) is 4. The summed E-state index contributed by atoms with van der Waals surface area (Å²) in [5.41, 5.74) is 1.06. The van der Waals surface area contributed by atoms with Crippen molar-refractivity contribution >= 4 is 11.6 Å². The number of nitrogens with one attached hydrogen (secondary N) is 1. The van der Waals surface area contributed by atoms with E-state index in [1.54, 1.807) is 0 Å². The smallest absolute Gasteiger partial charge is 0.162 e. The molecule has 4 nitrogen and oxygen atoms in total. The fraction of sp³-hybridized carbons (Fsp3) is 0.600. The second kappa shape index (κ2) is 5.80. The van der Waals surface area contributed by atoms with Crippen molar-refractivity contribution in [1.29, 1.82) is 0 Å². The van der Waals surface area contributed by atoms with Crippen molar-refractivity contribution < 1.29 is 14.2 Å². The van der Waals surface area contributed by atoms with Crippen molar-refractivity contribution in [3.63, 3.8) is 0 Å². The lowest BCUT2D eigenvalue weighted by Crippen LogP contribution is -2.26. The summed E-state index contributed by atoms with van der Waals surface area (Å²) in [5, 5.41) is 4.08. The summed E-state index contributed by atoms with van der Waals surface area (Å²) in [6, 6.07) is 4.03. The van der Waals surface area contributed by atoms with Crippen molar-refractivity contribution in [2.24, 2.45) is 5.92 Å². The van der Waals surface area contributed by atoms with Crippen LogP contribution in [-0.2, 0) is 4.74 Å². The summed E-state index contributed by atoms with van der Waals surface area (Å²) >= 11 is 6.43. The van der Waals surface area contributed by atoms with E-state index in [4.69, 9.17) is 25.8 Å². The van der Waals surface area contributed by atoms with Gasteiger partial charge in [-0.1, -0.05) is 11.6 Å². The third-order valence-corrected chi connectivity index (χ3v) is 4.34. The summed E-state index contributed by atoms with van der Waals surface area (Å²) in [5.74, 6) is 1.94. The maximum atomic E-state index is 6.43. The number of benzene rings is 1. The topological polar surface area (TPSA) is 39.7 Å². The summed E-state index contributed by atoms with van der Waals surface area (Å²) in [6.45, 7) is 4.03. The van der Waals surface area contributed by atoms with Gasteiger partial charge in [-0.25, -0.2) is 0 Å². The van der Waals surface area contributed by atoms with Crippen LogP contribution in [0.5, 0.6) is 11.5 Å². The van der Waals surface area contributed by atoms with Gasteiger partial charge in [-0.05, 0) is 32.0 Å². The van der Waals surface area contributed by atoms with Crippen molar-refractivity contribution in [3.05, 3.63) is 22.7 Å². The van der Waals surface area contributed by atoms with Crippen LogP contribution in [0.15, 0.2) is 12.1 Å². The minimum atomic E-state index is 0.170. The normalized spacial score (nSPS) is 26.6. The molecule has 0 amide bonds. The highest BCUT2D eigenvalue weighted by Crippen LogP contribution is 2.41. The standard InChI is InChI=1S/C15H20ClNO3/c1-9-5-10(8-20-9)15(17-2)11-6-13-14(7-12(11)16)19-4-3-18-13/h6-7,9-10,15,17H,3-5,8H2,1-2H3. The van der Waals surface area contributed by atoms with E-state index in [0.29, 0.717) is 30.3 Å². The summed E-state index contributed by atoms with van der Waals surface area (Å²) in [6.07, 6.45) is 1.35. The fourth-order valence-corrected chi connectivity index (χ4v) is 3.32. The summed E-state index contributed by atoms with van der Waals surface area (Å²) < 4.78 is 16.9. The molecule has 1 fully saturated rings. The van der Waals surface area contributed by atoms with Crippen LogP contribution in [-0.4, -0.2) is 33.0 Å². The second-order valence-electron chi connectivity index (χ2n) is 5.42. The van der Waals surface area contributed by atoms with Gasteiger partial charge < -0.3 is 19.5 Å². The van der Waals surface area contributed by atoms with Crippen molar-refractivity contribution in [3.8, 4) is 11.5 Å². The van der Waals surface area contributed by atoms with Crippen LogP contribution >= 0.6 is 11.6 Å². The molecule has 2 heterocycles. The lowest BCUT2D eigenvalue weighted by Gasteiger charge is -2.26. The predicted octanol–water partition coefficient (Wildman–Crippen LogP) is 2.80. The Morgan fingerprint density at radius 1 is 1.25 bits per heavy atom. The molecular weight excluding hydrogens is 278 g/mol. The maximum absolute atomic E-state index is 6.43. The first-order valence-electron chi connectivity index (χ1n) is 7.07. The minimum Gasteiger partial charge on any atom is -0.486 e. The Bertz CT molecular complexity index is 494. The summed E-state index contributed by atoms with van der Waals surface area (Å²) in [7, 11) is 1.96. The zero-order chi connectivity index (χ0) is 14.1. The molecule has 3 unspecified atom stereocenters. The third kappa shape index (κ3) is 2.60. The largest absolute Gasteiger partial charge is 0.486 e. The number of hydrogen-bond donors (Lipinski definition) is 1. The SMILES string of the molecule is CNC(c1cc2c(cc1Cl)OCCO2)C1COC(C)C1. The molecule has 0 spiro atoms. The van der Waals surface area contributed by atoms with Crippen LogP contribution in [0.1, 0.15) is 24.9 Å². The molecule has 1 saturated heterocycles. The number of ether oxygens (including phenoxy) is 3. The number of fused-ring (bicyclic) bond motifs is 1. The molecule has 3 atom stereocenters. The molecule has 0 bridgehead atoms. The Hall–Kier alpha value is -0.970. The molecule has 2 aliphatic rings. The Morgan fingerprint density at radius 2 is 1.95 bits per heavy atom. The van der Waals surface area contributed by atoms with Gasteiger partial charge in [0.15, 0.2) is 11.5 Å². The van der Waals surface area contributed by atoms with Gasteiger partial charge >= 0.3 is 0 Å². The molecule has 1 N–H and O–H groups in total. The molecule has 0 radical (unpaired) electrons. The van der Waals surface area contributed by atoms with E-state index in [2.05, 4.69) is 12.2 Å². The van der Waals surface area contributed by atoms with E-state index in [1.807, 2.05) is 19.2 Å². The number of rotatable bonds is 3. The predicted molar refractivity (Wildman–Crippen MR) is 77.8 cm³/mol. The van der Waals surface area contributed by atoms with Crippen LogP contribution in [0.3, 0.4) is 0 Å². The van der Waals surface area contributed by atoms with Gasteiger partial charge in [-0.3, -0.25) is 0 Å². The average molecular weight is 298 g/mol. The molecule has 3 rings (SSSR count). The lowest BCUT2D eigenvalue weighted by atomic mass is 9.91. The summed E-state index contributed by atoms with van der Waals surface area (Å²) in [4.78, 5) is 0. The van der Waals surface area contributed by atoms with Crippen molar-refractivity contribution in [2.45, 2.75) is 25.5 Å². The maximum Gasteiger partial charge on any atom is 0.162 e. The quantitative estimate of drug-likeness (QED) is 0.931. The Balaban J connectivity index is 1.91. The highest BCUT2D eigenvalue weighted by Gasteiger charge is 2.31. The molecule has 5 heteroatoms. The number of halogens is 1. The Kier molecular flexibility index (Phi) is 4.06. The average Bonchev–Trinajstić information content (AvgIpc) is 2.86. The molecule has 0 aromatic heterocycles. The van der Waals surface area contributed by atoms with Crippen LogP contribution in [0.25, 0.3) is 0 Å². The van der Waals surface area contributed by atoms with E-state index in [9.17, 15) is 0 Å². The molecule has 1 aromatic rings. The Labute approximate surface area is 124 Å². The van der Waals surface area contributed by atoms with Crippen LogP contribution < -0.4 is 14.8 Å². The van der Waals surface area contributed by atoms with Crippen molar-refractivity contribution in [2.75, 3.05) is 26.9 Å². The molecule has 2 aliphatic heterocycles. The lowest BCUT2D eigenvalue weighted by molar-refractivity contribution is 0.117.